The quantitative estimate of drug-likeness (QED) is 0.288. The number of hydrogen-bond donors (Lipinski definition) is 1. The van der Waals surface area contributed by atoms with Crippen molar-refractivity contribution < 1.29 is 9.47 Å². The van der Waals surface area contributed by atoms with Gasteiger partial charge in [0.05, 0.1) is 0 Å². The summed E-state index contributed by atoms with van der Waals surface area (Å²) in [6, 6.07) is 33.2. The van der Waals surface area contributed by atoms with Crippen LogP contribution in [0.3, 0.4) is 0 Å². The molecule has 0 atom stereocenters. The van der Waals surface area contributed by atoms with Crippen LogP contribution in [0.25, 0.3) is 27.8 Å². The number of fused-ring (bicyclic) bond motifs is 5. The van der Waals surface area contributed by atoms with Crippen molar-refractivity contribution in [2.75, 3.05) is 0 Å². The molecule has 186 valence electrons. The molecule has 1 aliphatic heterocycles. The number of nitrogens with two attached hydrogens (primary N) is 1. The molecule has 6 rings (SSSR count). The van der Waals surface area contributed by atoms with Gasteiger partial charge in [0.2, 0.25) is 0 Å². The van der Waals surface area contributed by atoms with Crippen LogP contribution in [0.5, 0.6) is 17.2 Å². The summed E-state index contributed by atoms with van der Waals surface area (Å²) in [7, 11) is 0. The average Bonchev–Trinajstić information content (AvgIpc) is 2.97. The van der Waals surface area contributed by atoms with E-state index in [0.717, 1.165) is 74.8 Å². The van der Waals surface area contributed by atoms with Crippen molar-refractivity contribution in [3.63, 3.8) is 0 Å². The first-order valence-electron chi connectivity index (χ1n) is 13.0. The van der Waals surface area contributed by atoms with Crippen LogP contribution in [0.2, 0.25) is 0 Å². The first kappa shape index (κ1) is 23.6. The molecule has 0 aromatic heterocycles. The normalized spacial score (nSPS) is 14.9. The first-order chi connectivity index (χ1) is 18.7. The molecule has 2 N–H and O–H groups in total. The monoisotopic (exact) mass is 495 g/mol. The van der Waals surface area contributed by atoms with E-state index in [1.165, 1.54) is 5.57 Å². The molecule has 0 saturated carbocycles. The van der Waals surface area contributed by atoms with Gasteiger partial charge in [-0.3, -0.25) is 0 Å². The maximum Gasteiger partial charge on any atom is 0.135 e. The van der Waals surface area contributed by atoms with E-state index in [1.54, 1.807) is 6.20 Å². The molecule has 0 spiro atoms. The Morgan fingerprint density at radius 3 is 2.08 bits per heavy atom. The minimum Gasteiger partial charge on any atom is -0.456 e. The molecule has 0 unspecified atom stereocenters. The number of allylic oxidation sites excluding steroid dienone is 6. The van der Waals surface area contributed by atoms with Crippen LogP contribution in [-0.4, -0.2) is 0 Å². The maximum absolute atomic E-state index is 6.77. The van der Waals surface area contributed by atoms with Crippen LogP contribution in [0.1, 0.15) is 25.3 Å². The predicted octanol–water partition coefficient (Wildman–Crippen LogP) is 9.06. The molecule has 3 nitrogen and oxygen atoms in total. The van der Waals surface area contributed by atoms with E-state index in [-0.39, 0.29) is 0 Å². The molecule has 38 heavy (non-hydrogen) atoms. The Bertz CT molecular complexity index is 1620. The lowest BCUT2D eigenvalue weighted by Gasteiger charge is -2.26. The standard InChI is InChI=1S/C35H29NO2/c1-2-24(20-21-36)26-16-18-30-31-19-17-27(25-10-4-3-5-11-25)23-35(31)38-33-15-9-7-13-29(33)28-12-6-8-14-32(28)37-34(30)22-26/h2-15,17,19-23H,16,18,36H2,1H3/b21-20-,24-2+. The molecule has 4 aromatic rings. The molecule has 3 heteroatoms. The highest BCUT2D eigenvalue weighted by atomic mass is 16.5. The Morgan fingerprint density at radius 1 is 0.684 bits per heavy atom. The van der Waals surface area contributed by atoms with E-state index in [0.29, 0.717) is 0 Å². The van der Waals surface area contributed by atoms with E-state index in [1.807, 2.05) is 55.5 Å². The van der Waals surface area contributed by atoms with Crippen molar-refractivity contribution in [2.45, 2.75) is 19.8 Å². The van der Waals surface area contributed by atoms with Gasteiger partial charge in [-0.1, -0.05) is 84.9 Å². The zero-order valence-electron chi connectivity index (χ0n) is 21.4. The fourth-order valence-electron chi connectivity index (χ4n) is 5.24. The smallest absolute Gasteiger partial charge is 0.135 e. The zero-order valence-corrected chi connectivity index (χ0v) is 21.4. The SMILES string of the molecule is C/C=C(\C=C/N)C1=CC2=C(CC1)c1ccc(-c3ccccc3)cc1Oc1ccccc1-c1ccccc1O2. The molecular formula is C35H29NO2. The number of ether oxygens (including phenoxy) is 2. The Kier molecular flexibility index (Phi) is 6.41. The van der Waals surface area contributed by atoms with E-state index < -0.39 is 0 Å². The summed E-state index contributed by atoms with van der Waals surface area (Å²) >= 11 is 0. The van der Waals surface area contributed by atoms with Gasteiger partial charge in [0.15, 0.2) is 0 Å². The van der Waals surface area contributed by atoms with E-state index in [2.05, 4.69) is 66.7 Å². The summed E-state index contributed by atoms with van der Waals surface area (Å²) in [6.07, 6.45) is 9.49. The second-order valence-corrected chi connectivity index (χ2v) is 9.39. The van der Waals surface area contributed by atoms with Crippen molar-refractivity contribution in [3.8, 4) is 39.5 Å². The molecule has 0 radical (unpaired) electrons. The summed E-state index contributed by atoms with van der Waals surface area (Å²) in [6.45, 7) is 2.04. The molecule has 0 amide bonds. The van der Waals surface area contributed by atoms with Crippen molar-refractivity contribution in [1.29, 1.82) is 0 Å². The van der Waals surface area contributed by atoms with Gasteiger partial charge < -0.3 is 15.2 Å². The Morgan fingerprint density at radius 2 is 1.37 bits per heavy atom. The average molecular weight is 496 g/mol. The maximum atomic E-state index is 6.77. The molecule has 1 aliphatic carbocycles. The topological polar surface area (TPSA) is 44.5 Å². The molecule has 0 fully saturated rings. The molecule has 0 bridgehead atoms. The van der Waals surface area contributed by atoms with Gasteiger partial charge in [0.25, 0.3) is 0 Å². The van der Waals surface area contributed by atoms with Gasteiger partial charge in [-0.05, 0) is 78.6 Å². The minimum atomic E-state index is 0.800. The molecule has 4 aromatic carbocycles. The largest absolute Gasteiger partial charge is 0.456 e. The zero-order chi connectivity index (χ0) is 25.9. The summed E-state index contributed by atoms with van der Waals surface area (Å²) in [5.41, 5.74) is 14.5. The van der Waals surface area contributed by atoms with Crippen molar-refractivity contribution in [1.82, 2.24) is 0 Å². The fraction of sp³-hybridized carbons (Fsp3) is 0.0857. The highest BCUT2D eigenvalue weighted by Crippen LogP contribution is 2.46. The van der Waals surface area contributed by atoms with Crippen LogP contribution >= 0.6 is 0 Å². The summed E-state index contributed by atoms with van der Waals surface area (Å²) in [5.74, 6) is 3.25. The molecule has 0 saturated heterocycles. The summed E-state index contributed by atoms with van der Waals surface area (Å²) in [5, 5.41) is 0. The third-order valence-corrected chi connectivity index (χ3v) is 7.12. The van der Waals surface area contributed by atoms with Crippen LogP contribution in [-0.2, 0) is 0 Å². The lowest BCUT2D eigenvalue weighted by molar-refractivity contribution is 0.439. The van der Waals surface area contributed by atoms with Crippen LogP contribution in [0.15, 0.2) is 138 Å². The highest BCUT2D eigenvalue weighted by molar-refractivity contribution is 5.82. The number of para-hydroxylation sites is 2. The van der Waals surface area contributed by atoms with Crippen LogP contribution in [0.4, 0.5) is 0 Å². The van der Waals surface area contributed by atoms with Gasteiger partial charge in [-0.25, -0.2) is 0 Å². The van der Waals surface area contributed by atoms with Gasteiger partial charge in [-0.2, -0.15) is 0 Å². The lowest BCUT2D eigenvalue weighted by Crippen LogP contribution is -2.08. The number of benzene rings is 4. The van der Waals surface area contributed by atoms with E-state index in [4.69, 9.17) is 15.2 Å². The second kappa shape index (κ2) is 10.3. The van der Waals surface area contributed by atoms with Crippen LogP contribution < -0.4 is 15.2 Å². The molecular weight excluding hydrogens is 466 g/mol. The van der Waals surface area contributed by atoms with E-state index in [9.17, 15) is 0 Å². The Balaban J connectivity index is 1.60. The summed E-state index contributed by atoms with van der Waals surface area (Å²) < 4.78 is 13.5. The van der Waals surface area contributed by atoms with Crippen molar-refractivity contribution in [2.24, 2.45) is 5.73 Å². The first-order valence-corrected chi connectivity index (χ1v) is 13.0. The third-order valence-electron chi connectivity index (χ3n) is 7.12. The lowest BCUT2D eigenvalue weighted by atomic mass is 9.87. The summed E-state index contributed by atoms with van der Waals surface area (Å²) in [4.78, 5) is 0. The highest BCUT2D eigenvalue weighted by Gasteiger charge is 2.25. The molecule has 2 aliphatic rings. The Labute approximate surface area is 223 Å². The van der Waals surface area contributed by atoms with Crippen molar-refractivity contribution in [3.05, 3.63) is 144 Å². The number of rotatable bonds is 3. The van der Waals surface area contributed by atoms with Crippen LogP contribution in [0, 0.1) is 0 Å². The second-order valence-electron chi connectivity index (χ2n) is 9.39. The van der Waals surface area contributed by atoms with E-state index >= 15 is 0 Å². The van der Waals surface area contributed by atoms with Gasteiger partial charge in [0.1, 0.15) is 23.0 Å². The van der Waals surface area contributed by atoms with Gasteiger partial charge in [-0.15, -0.1) is 0 Å². The van der Waals surface area contributed by atoms with Gasteiger partial charge >= 0.3 is 0 Å². The predicted molar refractivity (Wildman–Crippen MR) is 156 cm³/mol. The van der Waals surface area contributed by atoms with Gasteiger partial charge in [0, 0.05) is 22.3 Å². The third kappa shape index (κ3) is 4.44. The number of hydrogen-bond acceptors (Lipinski definition) is 3. The fourth-order valence-corrected chi connectivity index (χ4v) is 5.24. The van der Waals surface area contributed by atoms with Crippen molar-refractivity contribution >= 4 is 5.57 Å². The molecule has 1 heterocycles. The Hall–Kier alpha value is -4.76. The minimum absolute atomic E-state index is 0.800.